The quantitative estimate of drug-likeness (QED) is 0.881. The van der Waals surface area contributed by atoms with E-state index in [0.29, 0.717) is 4.47 Å². The Labute approximate surface area is 127 Å². The van der Waals surface area contributed by atoms with Crippen molar-refractivity contribution in [2.45, 2.75) is 12.6 Å². The summed E-state index contributed by atoms with van der Waals surface area (Å²) in [5.74, 6) is -0.441. The molecule has 1 amide bonds. The van der Waals surface area contributed by atoms with E-state index in [1.54, 1.807) is 12.1 Å². The number of rotatable bonds is 4. The molecule has 1 heterocycles. The Hall–Kier alpha value is -1.89. The molecule has 2 aromatic rings. The summed E-state index contributed by atoms with van der Waals surface area (Å²) in [5.41, 5.74) is -0.524. The van der Waals surface area contributed by atoms with Crippen molar-refractivity contribution >= 4 is 27.7 Å². The molecule has 0 bridgehead atoms. The fourth-order valence-electron chi connectivity index (χ4n) is 1.72. The molecule has 0 aliphatic heterocycles. The Kier molecular flexibility index (Phi) is 4.95. The van der Waals surface area contributed by atoms with E-state index >= 15 is 0 Å². The summed E-state index contributed by atoms with van der Waals surface area (Å²) in [7, 11) is 0. The molecule has 1 unspecified atom stereocenters. The zero-order valence-corrected chi connectivity index (χ0v) is 12.1. The molecule has 0 saturated carbocycles. The van der Waals surface area contributed by atoms with Gasteiger partial charge >= 0.3 is 0 Å². The lowest BCUT2D eigenvalue weighted by Crippen LogP contribution is -2.17. The summed E-state index contributed by atoms with van der Waals surface area (Å²) in [5, 5.41) is 2.43. The Bertz CT molecular complexity index is 637. The number of benzene rings is 1. The molecule has 0 saturated heterocycles. The third kappa shape index (κ3) is 3.81. The van der Waals surface area contributed by atoms with Crippen LogP contribution >= 0.6 is 15.9 Å². The first-order valence-electron chi connectivity index (χ1n) is 5.93. The number of carbonyl (C=O) groups is 1. The predicted octanol–water partition coefficient (Wildman–Crippen LogP) is 4.37. The van der Waals surface area contributed by atoms with Crippen LogP contribution in [0.3, 0.4) is 0 Å². The lowest BCUT2D eigenvalue weighted by atomic mass is 10.0. The second-order valence-corrected chi connectivity index (χ2v) is 5.05. The summed E-state index contributed by atoms with van der Waals surface area (Å²) in [6, 6.07) is 8.79. The van der Waals surface area contributed by atoms with E-state index < -0.39 is 18.5 Å². The van der Waals surface area contributed by atoms with Crippen LogP contribution in [0.5, 0.6) is 0 Å². The summed E-state index contributed by atoms with van der Waals surface area (Å²) in [6.07, 6.45) is -4.28. The highest BCUT2D eigenvalue weighted by molar-refractivity contribution is 9.10. The predicted molar refractivity (Wildman–Crippen MR) is 76.2 cm³/mol. The van der Waals surface area contributed by atoms with Gasteiger partial charge in [0.05, 0.1) is 0 Å². The molecule has 1 atom stereocenters. The number of hydrogen-bond acceptors (Lipinski definition) is 2. The summed E-state index contributed by atoms with van der Waals surface area (Å²) >= 11 is 3.07. The molecule has 1 aromatic carbocycles. The van der Waals surface area contributed by atoms with Gasteiger partial charge in [-0.3, -0.25) is 4.79 Å². The van der Waals surface area contributed by atoms with Crippen molar-refractivity contribution in [2.75, 3.05) is 5.32 Å². The van der Waals surface area contributed by atoms with Gasteiger partial charge in [0.1, 0.15) is 5.82 Å². The number of hydrogen-bond donors (Lipinski definition) is 1. The molecule has 0 aliphatic carbocycles. The molecular formula is C14H10BrF3N2O. The molecule has 0 radical (unpaired) electrons. The summed E-state index contributed by atoms with van der Waals surface area (Å²) < 4.78 is 39.2. The van der Waals surface area contributed by atoms with E-state index in [-0.39, 0.29) is 16.9 Å². The van der Waals surface area contributed by atoms with Crippen LogP contribution in [0.4, 0.5) is 19.0 Å². The third-order valence-electron chi connectivity index (χ3n) is 2.68. The molecule has 1 N–H and O–H groups in total. The SMILES string of the molecule is O=C(Nc1ccccn1)c1ccc(Br)cc1C(F)C(F)F. The molecule has 3 nitrogen and oxygen atoms in total. The maximum absolute atomic E-state index is 13.6. The van der Waals surface area contributed by atoms with Gasteiger partial charge in [-0.1, -0.05) is 22.0 Å². The molecule has 21 heavy (non-hydrogen) atoms. The van der Waals surface area contributed by atoms with Crippen LogP contribution < -0.4 is 5.32 Å². The Morgan fingerprint density at radius 2 is 1.95 bits per heavy atom. The standard InChI is InChI=1S/C14H10BrF3N2O/c15-8-4-5-9(10(7-8)12(16)13(17)18)14(21)20-11-3-1-2-6-19-11/h1-7,12-13H,(H,19,20,21). The monoisotopic (exact) mass is 358 g/mol. The fraction of sp³-hybridized carbons (Fsp3) is 0.143. The van der Waals surface area contributed by atoms with Crippen LogP contribution in [0.2, 0.25) is 0 Å². The van der Waals surface area contributed by atoms with E-state index in [9.17, 15) is 18.0 Å². The summed E-state index contributed by atoms with van der Waals surface area (Å²) in [4.78, 5) is 16.0. The van der Waals surface area contributed by atoms with E-state index in [0.717, 1.165) is 0 Å². The second kappa shape index (κ2) is 6.71. The number of nitrogens with one attached hydrogen (secondary N) is 1. The molecule has 7 heteroatoms. The number of alkyl halides is 3. The van der Waals surface area contributed by atoms with Crippen molar-refractivity contribution < 1.29 is 18.0 Å². The minimum absolute atomic E-state index is 0.156. The van der Waals surface area contributed by atoms with Crippen LogP contribution in [0.1, 0.15) is 22.1 Å². The van der Waals surface area contributed by atoms with E-state index in [1.165, 1.54) is 30.5 Å². The lowest BCUT2D eigenvalue weighted by molar-refractivity contribution is 0.0490. The maximum Gasteiger partial charge on any atom is 0.273 e. The van der Waals surface area contributed by atoms with Crippen molar-refractivity contribution in [3.8, 4) is 0 Å². The Morgan fingerprint density at radius 1 is 1.19 bits per heavy atom. The van der Waals surface area contributed by atoms with Crippen molar-refractivity contribution in [2.24, 2.45) is 0 Å². The first-order valence-corrected chi connectivity index (χ1v) is 6.72. The highest BCUT2D eigenvalue weighted by Crippen LogP contribution is 2.30. The van der Waals surface area contributed by atoms with E-state index in [4.69, 9.17) is 0 Å². The molecular weight excluding hydrogens is 349 g/mol. The average Bonchev–Trinajstić information content (AvgIpc) is 2.47. The van der Waals surface area contributed by atoms with Crippen LogP contribution in [-0.2, 0) is 0 Å². The van der Waals surface area contributed by atoms with Crippen molar-refractivity contribution in [3.63, 3.8) is 0 Å². The van der Waals surface area contributed by atoms with Gasteiger partial charge in [-0.2, -0.15) is 0 Å². The van der Waals surface area contributed by atoms with Crippen LogP contribution in [0.25, 0.3) is 0 Å². The van der Waals surface area contributed by atoms with Crippen LogP contribution in [0, 0.1) is 0 Å². The first-order chi connectivity index (χ1) is 9.99. The fourth-order valence-corrected chi connectivity index (χ4v) is 2.10. The molecule has 2 rings (SSSR count). The minimum atomic E-state index is -3.21. The van der Waals surface area contributed by atoms with Crippen molar-refractivity contribution in [1.82, 2.24) is 4.98 Å². The first kappa shape index (κ1) is 15.5. The Morgan fingerprint density at radius 3 is 2.57 bits per heavy atom. The van der Waals surface area contributed by atoms with Gasteiger partial charge in [-0.05, 0) is 30.3 Å². The van der Waals surface area contributed by atoms with E-state index in [1.807, 2.05) is 0 Å². The second-order valence-electron chi connectivity index (χ2n) is 4.14. The summed E-state index contributed by atoms with van der Waals surface area (Å²) in [6.45, 7) is 0. The smallest absolute Gasteiger partial charge is 0.273 e. The number of amides is 1. The molecule has 0 fully saturated rings. The molecule has 0 aliphatic rings. The number of halogens is 4. The third-order valence-corrected chi connectivity index (χ3v) is 3.18. The average molecular weight is 359 g/mol. The van der Waals surface area contributed by atoms with Crippen LogP contribution in [0.15, 0.2) is 47.1 Å². The number of aromatic nitrogens is 1. The molecule has 1 aromatic heterocycles. The number of nitrogens with zero attached hydrogens (tertiary/aromatic N) is 1. The van der Waals surface area contributed by atoms with E-state index in [2.05, 4.69) is 26.2 Å². The van der Waals surface area contributed by atoms with Gasteiger partial charge in [-0.15, -0.1) is 0 Å². The zero-order valence-electron chi connectivity index (χ0n) is 10.6. The number of anilines is 1. The van der Waals surface area contributed by atoms with Gasteiger partial charge in [0.15, 0.2) is 6.17 Å². The van der Waals surface area contributed by atoms with Gasteiger partial charge in [0, 0.05) is 21.8 Å². The number of carbonyl (C=O) groups excluding carboxylic acids is 1. The topological polar surface area (TPSA) is 42.0 Å². The van der Waals surface area contributed by atoms with Crippen LogP contribution in [-0.4, -0.2) is 17.3 Å². The van der Waals surface area contributed by atoms with Gasteiger partial charge in [-0.25, -0.2) is 18.2 Å². The lowest BCUT2D eigenvalue weighted by Gasteiger charge is -2.13. The zero-order chi connectivity index (χ0) is 15.4. The highest BCUT2D eigenvalue weighted by Gasteiger charge is 2.27. The van der Waals surface area contributed by atoms with Gasteiger partial charge in [0.2, 0.25) is 0 Å². The maximum atomic E-state index is 13.6. The van der Waals surface area contributed by atoms with Gasteiger partial charge in [0.25, 0.3) is 12.3 Å². The van der Waals surface area contributed by atoms with Crippen molar-refractivity contribution in [1.29, 1.82) is 0 Å². The highest BCUT2D eigenvalue weighted by atomic mass is 79.9. The molecule has 110 valence electrons. The van der Waals surface area contributed by atoms with Gasteiger partial charge < -0.3 is 5.32 Å². The van der Waals surface area contributed by atoms with Crippen molar-refractivity contribution in [3.05, 3.63) is 58.2 Å². The molecule has 0 spiro atoms. The largest absolute Gasteiger partial charge is 0.307 e. The normalized spacial score (nSPS) is 12.2. The Balaban J connectivity index is 2.32. The minimum Gasteiger partial charge on any atom is -0.307 e. The number of pyridine rings is 1.